The molecule has 0 aromatic rings. The first kappa shape index (κ1) is 42.3. The molecule has 0 saturated carbocycles. The van der Waals surface area contributed by atoms with E-state index in [9.17, 15) is 15.0 Å². The summed E-state index contributed by atoms with van der Waals surface area (Å²) in [6, 6.07) is -0.564. The van der Waals surface area contributed by atoms with Crippen LogP contribution in [-0.4, -0.2) is 34.9 Å². The zero-order chi connectivity index (χ0) is 32.2. The molecule has 0 fully saturated rings. The Morgan fingerprint density at radius 3 is 1.39 bits per heavy atom. The Bertz CT molecular complexity index is 711. The van der Waals surface area contributed by atoms with E-state index < -0.39 is 12.1 Å². The van der Waals surface area contributed by atoms with Crippen LogP contribution < -0.4 is 5.32 Å². The van der Waals surface area contributed by atoms with Gasteiger partial charge in [-0.05, 0) is 51.4 Å². The monoisotopic (exact) mass is 616 g/mol. The van der Waals surface area contributed by atoms with Gasteiger partial charge in [-0.3, -0.25) is 4.79 Å². The first-order chi connectivity index (χ1) is 21.7. The lowest BCUT2D eigenvalue weighted by Gasteiger charge is -2.22. The summed E-state index contributed by atoms with van der Waals surface area (Å²) in [5.74, 6) is -0.0882. The molecule has 0 aromatic carbocycles. The van der Waals surface area contributed by atoms with Crippen LogP contribution in [0.15, 0.2) is 48.6 Å². The van der Waals surface area contributed by atoms with Gasteiger partial charge in [-0.2, -0.15) is 0 Å². The lowest BCUT2D eigenvalue weighted by Crippen LogP contribution is -2.45. The van der Waals surface area contributed by atoms with Crippen molar-refractivity contribution in [2.24, 2.45) is 0 Å². The van der Waals surface area contributed by atoms with Gasteiger partial charge in [0, 0.05) is 6.42 Å². The maximum absolute atomic E-state index is 12.3. The second-order valence-electron chi connectivity index (χ2n) is 12.6. The lowest BCUT2D eigenvalue weighted by molar-refractivity contribution is -0.123. The highest BCUT2D eigenvalue weighted by Crippen LogP contribution is 2.14. The molecule has 0 rings (SSSR count). The minimum Gasteiger partial charge on any atom is -0.394 e. The van der Waals surface area contributed by atoms with E-state index in [1.807, 2.05) is 0 Å². The Kier molecular flexibility index (Phi) is 34.5. The SMILES string of the molecule is CCCCCCCCC/C=C/C/C=C/C/C=C/C/C=C/CCCC(=O)N[C@@H](CO)[C@H](O)CCCCCCCCCCCCC. The summed E-state index contributed by atoms with van der Waals surface area (Å²) in [6.45, 7) is 4.31. The predicted molar refractivity (Wildman–Crippen MR) is 193 cm³/mol. The Morgan fingerprint density at radius 1 is 0.545 bits per heavy atom. The first-order valence-corrected chi connectivity index (χ1v) is 18.8. The van der Waals surface area contributed by atoms with Gasteiger partial charge in [-0.1, -0.05) is 172 Å². The molecule has 1 amide bonds. The number of rotatable bonds is 33. The number of allylic oxidation sites excluding steroid dienone is 8. The smallest absolute Gasteiger partial charge is 0.220 e. The van der Waals surface area contributed by atoms with E-state index in [0.717, 1.165) is 44.9 Å². The lowest BCUT2D eigenvalue weighted by atomic mass is 10.0. The number of unbranched alkanes of at least 4 members (excludes halogenated alkanes) is 18. The maximum atomic E-state index is 12.3. The van der Waals surface area contributed by atoms with Crippen molar-refractivity contribution in [3.05, 3.63) is 48.6 Å². The van der Waals surface area contributed by atoms with E-state index >= 15 is 0 Å². The highest BCUT2D eigenvalue weighted by Gasteiger charge is 2.19. The molecule has 0 aliphatic rings. The molecule has 44 heavy (non-hydrogen) atoms. The third-order valence-corrected chi connectivity index (χ3v) is 8.34. The van der Waals surface area contributed by atoms with Crippen LogP contribution in [0.5, 0.6) is 0 Å². The number of nitrogens with one attached hydrogen (secondary N) is 1. The third-order valence-electron chi connectivity index (χ3n) is 8.34. The molecule has 0 spiro atoms. The molecule has 0 aliphatic carbocycles. The summed E-state index contributed by atoms with van der Waals surface area (Å²) in [5, 5.41) is 23.0. The molecule has 2 atom stereocenters. The Balaban J connectivity index is 3.70. The number of aliphatic hydroxyl groups is 2. The fourth-order valence-electron chi connectivity index (χ4n) is 5.41. The minimum absolute atomic E-state index is 0.0882. The number of hydrogen-bond donors (Lipinski definition) is 3. The predicted octanol–water partition coefficient (Wildman–Crippen LogP) is 11.2. The Hall–Kier alpha value is -1.65. The summed E-state index contributed by atoms with van der Waals surface area (Å²) >= 11 is 0. The second-order valence-corrected chi connectivity index (χ2v) is 12.6. The van der Waals surface area contributed by atoms with Crippen molar-refractivity contribution in [1.29, 1.82) is 0 Å². The summed E-state index contributed by atoms with van der Waals surface area (Å²) in [7, 11) is 0. The van der Waals surface area contributed by atoms with Crippen molar-refractivity contribution in [2.45, 2.75) is 193 Å². The molecule has 4 nitrogen and oxygen atoms in total. The van der Waals surface area contributed by atoms with Crippen molar-refractivity contribution in [2.75, 3.05) is 6.61 Å². The van der Waals surface area contributed by atoms with Gasteiger partial charge in [0.1, 0.15) is 0 Å². The highest BCUT2D eigenvalue weighted by atomic mass is 16.3. The number of aliphatic hydroxyl groups excluding tert-OH is 2. The second kappa shape index (κ2) is 35.8. The largest absolute Gasteiger partial charge is 0.394 e. The van der Waals surface area contributed by atoms with E-state index in [2.05, 4.69) is 67.8 Å². The Labute approximate surface area is 274 Å². The van der Waals surface area contributed by atoms with Crippen LogP contribution in [0.4, 0.5) is 0 Å². The van der Waals surface area contributed by atoms with Gasteiger partial charge in [-0.15, -0.1) is 0 Å². The molecule has 0 saturated heterocycles. The molecular weight excluding hydrogens is 542 g/mol. The molecule has 256 valence electrons. The molecule has 0 bridgehead atoms. The van der Waals surface area contributed by atoms with Gasteiger partial charge in [0.05, 0.1) is 18.8 Å². The Morgan fingerprint density at radius 2 is 0.932 bits per heavy atom. The average Bonchev–Trinajstić information content (AvgIpc) is 3.03. The van der Waals surface area contributed by atoms with E-state index in [4.69, 9.17) is 0 Å². The van der Waals surface area contributed by atoms with Crippen molar-refractivity contribution < 1.29 is 15.0 Å². The van der Waals surface area contributed by atoms with Crippen molar-refractivity contribution in [3.63, 3.8) is 0 Å². The topological polar surface area (TPSA) is 69.6 Å². The summed E-state index contributed by atoms with van der Waals surface area (Å²) in [6.07, 6.45) is 47.4. The summed E-state index contributed by atoms with van der Waals surface area (Å²) < 4.78 is 0. The van der Waals surface area contributed by atoms with Crippen LogP contribution >= 0.6 is 0 Å². The van der Waals surface area contributed by atoms with E-state index in [1.165, 1.54) is 109 Å². The molecule has 3 N–H and O–H groups in total. The van der Waals surface area contributed by atoms with E-state index in [-0.39, 0.29) is 12.5 Å². The van der Waals surface area contributed by atoms with Crippen LogP contribution in [0.3, 0.4) is 0 Å². The van der Waals surface area contributed by atoms with Crippen LogP contribution in [-0.2, 0) is 4.79 Å². The van der Waals surface area contributed by atoms with Gasteiger partial charge in [0.2, 0.25) is 5.91 Å². The standard InChI is InChI=1S/C40H73NO3/c1-3-5-7-9-11-13-15-16-17-18-19-20-21-22-23-24-26-28-30-32-34-36-40(44)41-38(37-42)39(43)35-33-31-29-27-25-14-12-10-8-6-4-2/h17-18,20-21,23-24,28,30,38-39,42-43H,3-16,19,22,25-27,29,31-37H2,1-2H3,(H,41,44)/b18-17+,21-20+,24-23+,30-28+/t38-,39+/m0/s1. The van der Waals surface area contributed by atoms with Crippen molar-refractivity contribution in [1.82, 2.24) is 5.32 Å². The summed E-state index contributed by atoms with van der Waals surface area (Å²) in [4.78, 5) is 12.3. The van der Waals surface area contributed by atoms with Gasteiger partial charge >= 0.3 is 0 Å². The normalized spacial score (nSPS) is 13.6. The van der Waals surface area contributed by atoms with E-state index in [0.29, 0.717) is 12.8 Å². The zero-order valence-electron chi connectivity index (χ0n) is 29.2. The number of carbonyl (C=O) groups excluding carboxylic acids is 1. The molecule has 0 aromatic heterocycles. The van der Waals surface area contributed by atoms with E-state index in [1.54, 1.807) is 0 Å². The van der Waals surface area contributed by atoms with Crippen LogP contribution in [0.2, 0.25) is 0 Å². The molecule has 0 heterocycles. The van der Waals surface area contributed by atoms with Gasteiger partial charge in [0.25, 0.3) is 0 Å². The highest BCUT2D eigenvalue weighted by molar-refractivity contribution is 5.76. The fraction of sp³-hybridized carbons (Fsp3) is 0.775. The molecule has 0 unspecified atom stereocenters. The molecule has 0 aliphatic heterocycles. The number of carbonyl (C=O) groups is 1. The van der Waals surface area contributed by atoms with Gasteiger partial charge in [-0.25, -0.2) is 0 Å². The van der Waals surface area contributed by atoms with Crippen molar-refractivity contribution in [3.8, 4) is 0 Å². The van der Waals surface area contributed by atoms with Crippen LogP contribution in [0.25, 0.3) is 0 Å². The molecule has 0 radical (unpaired) electrons. The average molecular weight is 616 g/mol. The van der Waals surface area contributed by atoms with Crippen molar-refractivity contribution >= 4 is 5.91 Å². The number of amides is 1. The molecule has 4 heteroatoms. The summed E-state index contributed by atoms with van der Waals surface area (Å²) in [5.41, 5.74) is 0. The van der Waals surface area contributed by atoms with Gasteiger partial charge in [0.15, 0.2) is 0 Å². The molecular formula is C40H73NO3. The fourth-order valence-corrected chi connectivity index (χ4v) is 5.41. The quantitative estimate of drug-likeness (QED) is 0.0508. The minimum atomic E-state index is -0.680. The zero-order valence-corrected chi connectivity index (χ0v) is 29.2. The van der Waals surface area contributed by atoms with Gasteiger partial charge < -0.3 is 15.5 Å². The first-order valence-electron chi connectivity index (χ1n) is 18.8. The maximum Gasteiger partial charge on any atom is 0.220 e. The number of hydrogen-bond acceptors (Lipinski definition) is 3. The van der Waals surface area contributed by atoms with Crippen LogP contribution in [0.1, 0.15) is 181 Å². The third kappa shape index (κ3) is 31.8. The van der Waals surface area contributed by atoms with Crippen LogP contribution in [0, 0.1) is 0 Å².